The van der Waals surface area contributed by atoms with Gasteiger partial charge < -0.3 is 4.18 Å². The lowest BCUT2D eigenvalue weighted by molar-refractivity contribution is 0.524. The summed E-state index contributed by atoms with van der Waals surface area (Å²) in [7, 11) is 0. The van der Waals surface area contributed by atoms with Gasteiger partial charge in [0.05, 0.1) is 6.04 Å². The number of aromatic amines is 1. The predicted octanol–water partition coefficient (Wildman–Crippen LogP) is 2.97. The second-order valence-corrected chi connectivity index (χ2v) is 8.01. The molecule has 0 spiro atoms. The number of nitrogens with zero attached hydrogens (tertiary/aromatic N) is 3. The lowest BCUT2D eigenvalue weighted by atomic mass is 9.93. The minimum Gasteiger partial charge on any atom is -0.389 e. The normalized spacial score (nSPS) is 14.6. The summed E-state index contributed by atoms with van der Waals surface area (Å²) in [5, 5.41) is 11.7. The van der Waals surface area contributed by atoms with Crippen molar-refractivity contribution in [1.82, 2.24) is 24.5 Å². The Kier molecular flexibility index (Phi) is 4.66. The van der Waals surface area contributed by atoms with Crippen molar-refractivity contribution in [1.29, 1.82) is 0 Å². The first-order chi connectivity index (χ1) is 11.7. The summed E-state index contributed by atoms with van der Waals surface area (Å²) in [6.07, 6.45) is 0. The number of nitrogens with one attached hydrogen (secondary N) is 2. The van der Waals surface area contributed by atoms with E-state index >= 15 is 0 Å². The standard InChI is InChI=1S/C17H23N5O2S/c1-11-6-8-13(9-7-11)24-25(23)21-12(2)16-19-18-15-10-14(17(3,4)5)20-22(15)16/h6-10,12,20-21H,1-5H3. The maximum Gasteiger partial charge on any atom is 0.288 e. The van der Waals surface area contributed by atoms with Crippen molar-refractivity contribution in [3.63, 3.8) is 0 Å². The molecule has 25 heavy (non-hydrogen) atoms. The average Bonchev–Trinajstić information content (AvgIpc) is 3.09. The molecule has 134 valence electrons. The van der Waals surface area contributed by atoms with Crippen molar-refractivity contribution in [2.75, 3.05) is 0 Å². The topological polar surface area (TPSA) is 84.3 Å². The van der Waals surface area contributed by atoms with E-state index in [0.717, 1.165) is 16.9 Å². The summed E-state index contributed by atoms with van der Waals surface area (Å²) in [5.41, 5.74) is 2.89. The molecule has 0 amide bonds. The molecule has 2 unspecified atom stereocenters. The van der Waals surface area contributed by atoms with Crippen molar-refractivity contribution in [2.45, 2.75) is 46.1 Å². The van der Waals surface area contributed by atoms with Crippen LogP contribution in [0.25, 0.3) is 5.65 Å². The summed E-state index contributed by atoms with van der Waals surface area (Å²) in [6, 6.07) is 9.05. The SMILES string of the molecule is Cc1ccc(OS(=O)NC(C)c2nnc3cc(C(C)(C)C)[nH]n23)cc1. The highest BCUT2D eigenvalue weighted by Crippen LogP contribution is 2.23. The summed E-state index contributed by atoms with van der Waals surface area (Å²) in [4.78, 5) is 0. The second-order valence-electron chi connectivity index (χ2n) is 7.14. The highest BCUT2D eigenvalue weighted by molar-refractivity contribution is 7.78. The van der Waals surface area contributed by atoms with Gasteiger partial charge in [0.1, 0.15) is 5.75 Å². The van der Waals surface area contributed by atoms with Gasteiger partial charge in [-0.1, -0.05) is 38.5 Å². The van der Waals surface area contributed by atoms with Crippen LogP contribution >= 0.6 is 0 Å². The monoisotopic (exact) mass is 361 g/mol. The Balaban J connectivity index is 1.73. The third-order valence-corrected chi connectivity index (χ3v) is 4.77. The van der Waals surface area contributed by atoms with Crippen molar-refractivity contribution in [3.05, 3.63) is 47.4 Å². The highest BCUT2D eigenvalue weighted by Gasteiger charge is 2.22. The van der Waals surface area contributed by atoms with E-state index in [1.165, 1.54) is 0 Å². The fourth-order valence-electron chi connectivity index (χ4n) is 2.37. The van der Waals surface area contributed by atoms with E-state index in [4.69, 9.17) is 4.18 Å². The molecule has 0 aliphatic carbocycles. The molecule has 2 N–H and O–H groups in total. The Morgan fingerprint density at radius 2 is 1.92 bits per heavy atom. The second kappa shape index (κ2) is 6.61. The fourth-order valence-corrected chi connectivity index (χ4v) is 3.09. The number of hydrogen-bond donors (Lipinski definition) is 2. The number of H-pyrrole nitrogens is 1. The zero-order valence-corrected chi connectivity index (χ0v) is 15.8. The molecule has 0 radical (unpaired) electrons. The van der Waals surface area contributed by atoms with E-state index in [-0.39, 0.29) is 11.5 Å². The molecule has 0 bridgehead atoms. The lowest BCUT2D eigenvalue weighted by Gasteiger charge is -2.15. The average molecular weight is 361 g/mol. The van der Waals surface area contributed by atoms with E-state index in [1.54, 1.807) is 16.6 Å². The maximum absolute atomic E-state index is 12.2. The number of aromatic nitrogens is 4. The zero-order chi connectivity index (χ0) is 18.2. The minimum atomic E-state index is -1.69. The van der Waals surface area contributed by atoms with E-state index < -0.39 is 11.3 Å². The van der Waals surface area contributed by atoms with Crippen LogP contribution in [0.2, 0.25) is 0 Å². The van der Waals surface area contributed by atoms with E-state index in [9.17, 15) is 4.21 Å². The van der Waals surface area contributed by atoms with Crippen molar-refractivity contribution < 1.29 is 8.39 Å². The minimum absolute atomic E-state index is 0.0218. The van der Waals surface area contributed by atoms with Gasteiger partial charge >= 0.3 is 0 Å². The quantitative estimate of drug-likeness (QED) is 0.732. The van der Waals surface area contributed by atoms with Gasteiger partial charge in [0, 0.05) is 17.2 Å². The summed E-state index contributed by atoms with van der Waals surface area (Å²) >= 11 is -1.69. The molecule has 8 heteroatoms. The Labute approximate surface area is 149 Å². The van der Waals surface area contributed by atoms with Gasteiger partial charge in [-0.2, -0.15) is 8.93 Å². The van der Waals surface area contributed by atoms with Crippen molar-refractivity contribution in [2.24, 2.45) is 0 Å². The molecule has 1 aromatic carbocycles. The number of hydrogen-bond acceptors (Lipinski definition) is 4. The van der Waals surface area contributed by atoms with Crippen molar-refractivity contribution >= 4 is 16.9 Å². The van der Waals surface area contributed by atoms with Crippen LogP contribution in [0.1, 0.15) is 50.8 Å². The third kappa shape index (κ3) is 3.91. The van der Waals surface area contributed by atoms with Crippen LogP contribution in [0.5, 0.6) is 5.75 Å². The van der Waals surface area contributed by atoms with Gasteiger partial charge in [0.15, 0.2) is 11.5 Å². The first kappa shape index (κ1) is 17.6. The molecule has 3 aromatic rings. The van der Waals surface area contributed by atoms with Crippen LogP contribution < -0.4 is 8.91 Å². The Bertz CT molecular complexity index is 892. The molecule has 2 heterocycles. The van der Waals surface area contributed by atoms with Gasteiger partial charge in [-0.15, -0.1) is 10.2 Å². The number of fused-ring (bicyclic) bond motifs is 1. The van der Waals surface area contributed by atoms with E-state index in [1.807, 2.05) is 32.0 Å². The molecule has 0 saturated carbocycles. The Morgan fingerprint density at radius 1 is 1.24 bits per heavy atom. The largest absolute Gasteiger partial charge is 0.389 e. The third-order valence-electron chi connectivity index (χ3n) is 3.88. The predicted molar refractivity (Wildman–Crippen MR) is 97.5 cm³/mol. The van der Waals surface area contributed by atoms with Gasteiger partial charge in [-0.25, -0.2) is 4.52 Å². The molecule has 0 aliphatic heterocycles. The van der Waals surface area contributed by atoms with Crippen LogP contribution in [0.3, 0.4) is 0 Å². The molecule has 7 nitrogen and oxygen atoms in total. The van der Waals surface area contributed by atoms with E-state index in [0.29, 0.717) is 11.6 Å². The van der Waals surface area contributed by atoms with Crippen LogP contribution in [-0.2, 0) is 16.7 Å². The van der Waals surface area contributed by atoms with E-state index in [2.05, 4.69) is 40.8 Å². The molecule has 2 aromatic heterocycles. The van der Waals surface area contributed by atoms with Gasteiger partial charge in [0.25, 0.3) is 11.3 Å². The molecule has 0 fully saturated rings. The fraction of sp³-hybridized carbons (Fsp3) is 0.412. The Hall–Kier alpha value is -2.19. The smallest absolute Gasteiger partial charge is 0.288 e. The van der Waals surface area contributed by atoms with Crippen molar-refractivity contribution in [3.8, 4) is 5.75 Å². The number of benzene rings is 1. The number of aryl methyl sites for hydroxylation is 1. The maximum atomic E-state index is 12.2. The number of rotatable bonds is 5. The Morgan fingerprint density at radius 3 is 2.56 bits per heavy atom. The van der Waals surface area contributed by atoms with Gasteiger partial charge in [-0.3, -0.25) is 5.10 Å². The lowest BCUT2D eigenvalue weighted by Crippen LogP contribution is -2.26. The summed E-state index contributed by atoms with van der Waals surface area (Å²) in [5.74, 6) is 1.19. The molecular weight excluding hydrogens is 338 g/mol. The van der Waals surface area contributed by atoms with Gasteiger partial charge in [0.2, 0.25) is 0 Å². The van der Waals surface area contributed by atoms with Crippen LogP contribution in [0, 0.1) is 6.92 Å². The molecule has 0 saturated heterocycles. The first-order valence-electron chi connectivity index (χ1n) is 8.11. The molecular formula is C17H23N5O2S. The summed E-state index contributed by atoms with van der Waals surface area (Å²) in [6.45, 7) is 10.2. The van der Waals surface area contributed by atoms with Crippen LogP contribution in [-0.4, -0.2) is 24.0 Å². The zero-order valence-electron chi connectivity index (χ0n) is 15.0. The van der Waals surface area contributed by atoms with Gasteiger partial charge in [-0.05, 0) is 26.0 Å². The van der Waals surface area contributed by atoms with Crippen LogP contribution in [0.15, 0.2) is 30.3 Å². The molecule has 3 rings (SSSR count). The summed E-state index contributed by atoms with van der Waals surface area (Å²) < 4.78 is 22.3. The molecule has 2 atom stereocenters. The molecule has 0 aliphatic rings. The highest BCUT2D eigenvalue weighted by atomic mass is 32.2. The first-order valence-corrected chi connectivity index (χ1v) is 9.19. The van der Waals surface area contributed by atoms with Crippen LogP contribution in [0.4, 0.5) is 0 Å².